The van der Waals surface area contributed by atoms with Gasteiger partial charge in [-0.05, 0) is 12.1 Å². The number of nitro benzene ring substituents is 1. The molecule has 0 aliphatic heterocycles. The van der Waals surface area contributed by atoms with Gasteiger partial charge in [-0.25, -0.2) is 4.98 Å². The Morgan fingerprint density at radius 2 is 2.17 bits per heavy atom. The Labute approximate surface area is 108 Å². The standard InChI is InChI=1S/C12H9ClN2O3/c13-8-9-3-2-6-14-12(9)18-11-5-1-4-10(7-11)15(16)17/h1-7H,8H2. The van der Waals surface area contributed by atoms with Gasteiger partial charge in [0.2, 0.25) is 5.88 Å². The minimum Gasteiger partial charge on any atom is -0.438 e. The predicted molar refractivity (Wildman–Crippen MR) is 67.0 cm³/mol. The average molecular weight is 265 g/mol. The molecular formula is C12H9ClN2O3. The monoisotopic (exact) mass is 264 g/mol. The molecular weight excluding hydrogens is 256 g/mol. The summed E-state index contributed by atoms with van der Waals surface area (Å²) in [4.78, 5) is 14.2. The molecule has 0 aliphatic carbocycles. The Hall–Kier alpha value is -2.14. The van der Waals surface area contributed by atoms with Crippen LogP contribution in [0.5, 0.6) is 11.6 Å². The summed E-state index contributed by atoms with van der Waals surface area (Å²) in [5.74, 6) is 0.972. The van der Waals surface area contributed by atoms with Crippen LogP contribution in [0.15, 0.2) is 42.6 Å². The van der Waals surface area contributed by atoms with E-state index in [1.54, 1.807) is 30.5 Å². The van der Waals surface area contributed by atoms with Crippen molar-refractivity contribution in [3.63, 3.8) is 0 Å². The number of hydrogen-bond donors (Lipinski definition) is 0. The van der Waals surface area contributed by atoms with Gasteiger partial charge in [-0.2, -0.15) is 0 Å². The molecule has 0 saturated carbocycles. The van der Waals surface area contributed by atoms with Crippen LogP contribution in [0.4, 0.5) is 5.69 Å². The number of benzene rings is 1. The van der Waals surface area contributed by atoms with Crippen LogP contribution in [0.3, 0.4) is 0 Å². The fraction of sp³-hybridized carbons (Fsp3) is 0.0833. The Balaban J connectivity index is 2.28. The van der Waals surface area contributed by atoms with Gasteiger partial charge in [0.15, 0.2) is 0 Å². The number of nitro groups is 1. The molecule has 0 bridgehead atoms. The van der Waals surface area contributed by atoms with Gasteiger partial charge in [0, 0.05) is 17.8 Å². The minimum absolute atomic E-state index is 0.0316. The number of ether oxygens (including phenoxy) is 1. The van der Waals surface area contributed by atoms with Gasteiger partial charge in [-0.15, -0.1) is 11.6 Å². The first-order chi connectivity index (χ1) is 8.70. The zero-order valence-corrected chi connectivity index (χ0v) is 10.0. The molecule has 92 valence electrons. The van der Waals surface area contributed by atoms with Crippen molar-refractivity contribution in [3.05, 3.63) is 58.3 Å². The van der Waals surface area contributed by atoms with Gasteiger partial charge < -0.3 is 4.74 Å². The van der Waals surface area contributed by atoms with E-state index in [0.29, 0.717) is 11.6 Å². The number of non-ortho nitro benzene ring substituents is 1. The van der Waals surface area contributed by atoms with Crippen molar-refractivity contribution in [2.75, 3.05) is 0 Å². The highest BCUT2D eigenvalue weighted by Gasteiger charge is 2.09. The van der Waals surface area contributed by atoms with Crippen LogP contribution in [-0.4, -0.2) is 9.91 Å². The van der Waals surface area contributed by atoms with Crippen LogP contribution in [0.25, 0.3) is 0 Å². The summed E-state index contributed by atoms with van der Waals surface area (Å²) in [6.45, 7) is 0. The van der Waals surface area contributed by atoms with E-state index in [1.807, 2.05) is 0 Å². The van der Waals surface area contributed by atoms with Crippen LogP contribution in [-0.2, 0) is 5.88 Å². The Kier molecular flexibility index (Phi) is 3.74. The van der Waals surface area contributed by atoms with Crippen LogP contribution in [0.2, 0.25) is 0 Å². The molecule has 0 fully saturated rings. The molecule has 0 N–H and O–H groups in total. The number of pyridine rings is 1. The largest absolute Gasteiger partial charge is 0.438 e. The van der Waals surface area contributed by atoms with E-state index in [0.717, 1.165) is 5.56 Å². The van der Waals surface area contributed by atoms with E-state index in [4.69, 9.17) is 16.3 Å². The van der Waals surface area contributed by atoms with Crippen LogP contribution < -0.4 is 4.74 Å². The highest BCUT2D eigenvalue weighted by Crippen LogP contribution is 2.26. The molecule has 0 saturated heterocycles. The third kappa shape index (κ3) is 2.75. The van der Waals surface area contributed by atoms with Gasteiger partial charge in [-0.3, -0.25) is 10.1 Å². The number of hydrogen-bond acceptors (Lipinski definition) is 4. The highest BCUT2D eigenvalue weighted by atomic mass is 35.5. The van der Waals surface area contributed by atoms with Crippen molar-refractivity contribution >= 4 is 17.3 Å². The van der Waals surface area contributed by atoms with Crippen molar-refractivity contribution in [3.8, 4) is 11.6 Å². The van der Waals surface area contributed by atoms with Crippen LogP contribution >= 0.6 is 11.6 Å². The quantitative estimate of drug-likeness (QED) is 0.481. The second-order valence-electron chi connectivity index (χ2n) is 3.46. The first kappa shape index (κ1) is 12.3. The van der Waals surface area contributed by atoms with E-state index in [-0.39, 0.29) is 11.6 Å². The van der Waals surface area contributed by atoms with Gasteiger partial charge >= 0.3 is 0 Å². The van der Waals surface area contributed by atoms with Gasteiger partial charge in [-0.1, -0.05) is 12.1 Å². The third-order valence-corrected chi connectivity index (χ3v) is 2.52. The third-order valence-electron chi connectivity index (χ3n) is 2.24. The summed E-state index contributed by atoms with van der Waals surface area (Å²) >= 11 is 5.75. The lowest BCUT2D eigenvalue weighted by atomic mass is 10.3. The summed E-state index contributed by atoms with van der Waals surface area (Å²) in [6.07, 6.45) is 1.57. The second-order valence-corrected chi connectivity index (χ2v) is 3.73. The minimum atomic E-state index is -0.478. The van der Waals surface area contributed by atoms with Crippen molar-refractivity contribution in [1.29, 1.82) is 0 Å². The summed E-state index contributed by atoms with van der Waals surface area (Å²) in [7, 11) is 0. The number of halogens is 1. The molecule has 6 heteroatoms. The van der Waals surface area contributed by atoms with Crippen molar-refractivity contribution in [2.45, 2.75) is 5.88 Å². The predicted octanol–water partition coefficient (Wildman–Crippen LogP) is 3.52. The molecule has 0 unspecified atom stereocenters. The van der Waals surface area contributed by atoms with Gasteiger partial charge in [0.1, 0.15) is 5.75 Å². The molecule has 0 atom stereocenters. The lowest BCUT2D eigenvalue weighted by Crippen LogP contribution is -1.93. The van der Waals surface area contributed by atoms with Crippen molar-refractivity contribution < 1.29 is 9.66 Å². The van der Waals surface area contributed by atoms with E-state index in [2.05, 4.69) is 4.98 Å². The molecule has 5 nitrogen and oxygen atoms in total. The van der Waals surface area contributed by atoms with Crippen LogP contribution in [0.1, 0.15) is 5.56 Å². The lowest BCUT2D eigenvalue weighted by Gasteiger charge is -2.07. The number of aromatic nitrogens is 1. The normalized spacial score (nSPS) is 10.1. The van der Waals surface area contributed by atoms with E-state index >= 15 is 0 Å². The SMILES string of the molecule is O=[N+]([O-])c1cccc(Oc2ncccc2CCl)c1. The average Bonchev–Trinajstić information content (AvgIpc) is 2.39. The molecule has 2 aromatic rings. The molecule has 1 aromatic carbocycles. The molecule has 0 amide bonds. The maximum atomic E-state index is 10.6. The first-order valence-electron chi connectivity index (χ1n) is 5.13. The number of nitrogens with zero attached hydrogens (tertiary/aromatic N) is 2. The van der Waals surface area contributed by atoms with Crippen molar-refractivity contribution in [1.82, 2.24) is 4.98 Å². The first-order valence-corrected chi connectivity index (χ1v) is 5.66. The van der Waals surface area contributed by atoms with E-state index in [1.165, 1.54) is 12.1 Å². The number of rotatable bonds is 4. The summed E-state index contributed by atoms with van der Waals surface area (Å²) in [5, 5.41) is 10.6. The van der Waals surface area contributed by atoms with E-state index in [9.17, 15) is 10.1 Å². The van der Waals surface area contributed by atoms with E-state index < -0.39 is 4.92 Å². The molecule has 1 aromatic heterocycles. The van der Waals surface area contributed by atoms with Gasteiger partial charge in [0.05, 0.1) is 16.9 Å². The van der Waals surface area contributed by atoms with Crippen LogP contribution in [0, 0.1) is 10.1 Å². The zero-order chi connectivity index (χ0) is 13.0. The fourth-order valence-electron chi connectivity index (χ4n) is 1.39. The lowest BCUT2D eigenvalue weighted by molar-refractivity contribution is -0.384. The summed E-state index contributed by atoms with van der Waals surface area (Å²) in [5.41, 5.74) is 0.696. The second kappa shape index (κ2) is 5.46. The summed E-state index contributed by atoms with van der Waals surface area (Å²) in [6, 6.07) is 9.45. The zero-order valence-electron chi connectivity index (χ0n) is 9.25. The Morgan fingerprint density at radius 3 is 2.89 bits per heavy atom. The Morgan fingerprint density at radius 1 is 1.33 bits per heavy atom. The van der Waals surface area contributed by atoms with Gasteiger partial charge in [0.25, 0.3) is 5.69 Å². The molecule has 2 rings (SSSR count). The smallest absolute Gasteiger partial charge is 0.273 e. The summed E-state index contributed by atoms with van der Waals surface area (Å²) < 4.78 is 5.49. The number of alkyl halides is 1. The molecule has 18 heavy (non-hydrogen) atoms. The van der Waals surface area contributed by atoms with Crippen molar-refractivity contribution in [2.24, 2.45) is 0 Å². The maximum Gasteiger partial charge on any atom is 0.273 e. The maximum absolute atomic E-state index is 10.6. The Bertz CT molecular complexity index is 575. The molecule has 0 radical (unpaired) electrons. The highest BCUT2D eigenvalue weighted by molar-refractivity contribution is 6.17. The molecule has 0 aliphatic rings. The fourth-order valence-corrected chi connectivity index (χ4v) is 1.59. The molecule has 0 spiro atoms. The molecule has 1 heterocycles. The topological polar surface area (TPSA) is 65.3 Å².